The van der Waals surface area contributed by atoms with E-state index >= 15 is 0 Å². The largest absolute Gasteiger partial charge is 0.476 e. The van der Waals surface area contributed by atoms with Crippen LogP contribution in [0.25, 0.3) is 0 Å². The predicted octanol–water partition coefficient (Wildman–Crippen LogP) is 5.54. The quantitative estimate of drug-likeness (QED) is 0.283. The molecule has 0 spiro atoms. The Labute approximate surface area is 129 Å². The van der Waals surface area contributed by atoms with E-state index < -0.39 is 0 Å². The smallest absolute Gasteiger partial charge is 0.222 e. The van der Waals surface area contributed by atoms with Crippen molar-refractivity contribution in [2.24, 2.45) is 0 Å². The van der Waals surface area contributed by atoms with Gasteiger partial charge in [0.1, 0.15) is 5.44 Å². The van der Waals surface area contributed by atoms with Crippen molar-refractivity contribution in [2.75, 3.05) is 6.61 Å². The fourth-order valence-electron chi connectivity index (χ4n) is 1.87. The first-order chi connectivity index (χ1) is 9.10. The maximum Gasteiger partial charge on any atom is 0.222 e. The molecule has 2 nitrogen and oxygen atoms in total. The number of unbranched alkanes of at least 4 members (excludes halogenated alkanes) is 5. The van der Waals surface area contributed by atoms with Crippen molar-refractivity contribution in [2.45, 2.75) is 84.2 Å². The highest BCUT2D eigenvalue weighted by Crippen LogP contribution is 2.18. The van der Waals surface area contributed by atoms with Gasteiger partial charge >= 0.3 is 0 Å². The lowest BCUT2D eigenvalue weighted by atomic mass is 10.1. The van der Waals surface area contributed by atoms with Gasteiger partial charge in [-0.2, -0.15) is 0 Å². The Morgan fingerprint density at radius 2 is 1.68 bits per heavy atom. The van der Waals surface area contributed by atoms with Crippen LogP contribution in [-0.2, 0) is 9.47 Å². The van der Waals surface area contributed by atoms with Crippen LogP contribution in [0.3, 0.4) is 0 Å². The summed E-state index contributed by atoms with van der Waals surface area (Å²) in [5, 5.41) is 0. The van der Waals surface area contributed by atoms with Gasteiger partial charge in [0.05, 0.1) is 6.10 Å². The normalized spacial score (nSPS) is 14.1. The van der Waals surface area contributed by atoms with Gasteiger partial charge in [-0.05, 0) is 57.6 Å². The molecular weight excluding hydrogens is 276 g/mol. The van der Waals surface area contributed by atoms with Gasteiger partial charge in [0.25, 0.3) is 0 Å². The molecule has 0 aromatic heterocycles. The third-order valence-corrected chi connectivity index (χ3v) is 4.07. The zero-order valence-electron chi connectivity index (χ0n) is 12.9. The molecule has 0 aliphatic heterocycles. The summed E-state index contributed by atoms with van der Waals surface area (Å²) in [6, 6.07) is 0. The van der Waals surface area contributed by atoms with Crippen LogP contribution in [0.5, 0.6) is 0 Å². The van der Waals surface area contributed by atoms with Crippen molar-refractivity contribution in [1.29, 1.82) is 0 Å². The number of rotatable bonds is 11. The molecule has 0 aromatic rings. The van der Waals surface area contributed by atoms with E-state index in [1.54, 1.807) is 0 Å². The summed E-state index contributed by atoms with van der Waals surface area (Å²) in [5.41, 5.74) is 0.0822. The first-order valence-corrected chi connectivity index (χ1v) is 8.87. The lowest BCUT2D eigenvalue weighted by Crippen LogP contribution is -2.14. The van der Waals surface area contributed by atoms with Crippen LogP contribution < -0.4 is 0 Å². The predicted molar refractivity (Wildman–Crippen MR) is 89.8 cm³/mol. The minimum absolute atomic E-state index is 0.0822. The van der Waals surface area contributed by atoms with Crippen molar-refractivity contribution in [3.63, 3.8) is 0 Å². The molecule has 0 aliphatic carbocycles. The van der Waals surface area contributed by atoms with Crippen LogP contribution in [0, 0.1) is 0 Å². The van der Waals surface area contributed by atoms with Gasteiger partial charge in [-0.25, -0.2) is 0 Å². The van der Waals surface area contributed by atoms with Crippen LogP contribution in [-0.4, -0.2) is 22.5 Å². The highest BCUT2D eigenvalue weighted by molar-refractivity contribution is 8.22. The maximum atomic E-state index is 5.71. The monoisotopic (exact) mass is 306 g/mol. The van der Waals surface area contributed by atoms with Gasteiger partial charge in [-0.15, -0.1) is 0 Å². The SMILES string of the molecule is CCCCCCCCC(C)OC(=S)SC(C)OCC. The summed E-state index contributed by atoms with van der Waals surface area (Å²) in [5.74, 6) is 0. The number of thiocarbonyl (C=S) groups is 1. The topological polar surface area (TPSA) is 18.5 Å². The molecule has 0 aliphatic rings. The van der Waals surface area contributed by atoms with Gasteiger partial charge in [0.15, 0.2) is 0 Å². The van der Waals surface area contributed by atoms with E-state index in [9.17, 15) is 0 Å². The summed E-state index contributed by atoms with van der Waals surface area (Å²) >= 11 is 6.71. The van der Waals surface area contributed by atoms with Gasteiger partial charge in [0.2, 0.25) is 4.38 Å². The van der Waals surface area contributed by atoms with Gasteiger partial charge in [-0.3, -0.25) is 0 Å². The van der Waals surface area contributed by atoms with Crippen molar-refractivity contribution in [3.8, 4) is 0 Å². The van der Waals surface area contributed by atoms with E-state index in [1.165, 1.54) is 50.3 Å². The number of hydrogen-bond donors (Lipinski definition) is 0. The van der Waals surface area contributed by atoms with Crippen LogP contribution in [0.2, 0.25) is 0 Å². The lowest BCUT2D eigenvalue weighted by molar-refractivity contribution is 0.137. The fraction of sp³-hybridized carbons (Fsp3) is 0.933. The van der Waals surface area contributed by atoms with Gasteiger partial charge < -0.3 is 9.47 Å². The maximum absolute atomic E-state index is 5.71. The van der Waals surface area contributed by atoms with Crippen molar-refractivity contribution in [3.05, 3.63) is 0 Å². The second kappa shape index (κ2) is 13.2. The Balaban J connectivity index is 3.51. The summed E-state index contributed by atoms with van der Waals surface area (Å²) in [6.45, 7) is 9.05. The Morgan fingerprint density at radius 3 is 2.32 bits per heavy atom. The van der Waals surface area contributed by atoms with Gasteiger partial charge in [-0.1, -0.05) is 39.0 Å². The molecule has 114 valence electrons. The standard InChI is InChI=1S/C15H30O2S2/c1-5-7-8-9-10-11-12-13(3)17-15(18)19-14(4)16-6-2/h13-14H,5-12H2,1-4H3. The number of hydrogen-bond acceptors (Lipinski definition) is 4. The average molecular weight is 307 g/mol. The van der Waals surface area contributed by atoms with Gasteiger partial charge in [0, 0.05) is 6.61 Å². The molecule has 0 N–H and O–H groups in total. The zero-order valence-corrected chi connectivity index (χ0v) is 14.6. The van der Waals surface area contributed by atoms with E-state index in [-0.39, 0.29) is 11.5 Å². The summed E-state index contributed by atoms with van der Waals surface area (Å²) in [4.78, 5) is 0. The van der Waals surface area contributed by atoms with Crippen LogP contribution >= 0.6 is 24.0 Å². The van der Waals surface area contributed by atoms with E-state index in [1.807, 2.05) is 13.8 Å². The Kier molecular flexibility index (Phi) is 13.3. The molecule has 0 aromatic carbocycles. The van der Waals surface area contributed by atoms with E-state index in [4.69, 9.17) is 21.7 Å². The number of ether oxygens (including phenoxy) is 2. The second-order valence-corrected chi connectivity index (χ2v) is 6.78. The van der Waals surface area contributed by atoms with Crippen LogP contribution in [0.15, 0.2) is 0 Å². The van der Waals surface area contributed by atoms with E-state index in [0.717, 1.165) is 6.42 Å². The highest BCUT2D eigenvalue weighted by atomic mass is 32.2. The minimum atomic E-state index is 0.0822. The fourth-order valence-corrected chi connectivity index (χ4v) is 3.13. The molecule has 2 atom stereocenters. The molecule has 4 heteroatoms. The lowest BCUT2D eigenvalue weighted by Gasteiger charge is -2.17. The van der Waals surface area contributed by atoms with Crippen molar-refractivity contribution >= 4 is 28.4 Å². The molecule has 0 saturated heterocycles. The summed E-state index contributed by atoms with van der Waals surface area (Å²) < 4.78 is 11.7. The van der Waals surface area contributed by atoms with E-state index in [2.05, 4.69) is 13.8 Å². The van der Waals surface area contributed by atoms with Crippen molar-refractivity contribution in [1.82, 2.24) is 0 Å². The Bertz CT molecular complexity index is 222. The average Bonchev–Trinajstić information content (AvgIpc) is 2.33. The molecule has 0 radical (unpaired) electrons. The summed E-state index contributed by atoms with van der Waals surface area (Å²) in [6.07, 6.45) is 9.25. The molecule has 0 saturated carbocycles. The van der Waals surface area contributed by atoms with Crippen LogP contribution in [0.1, 0.15) is 72.6 Å². The molecule has 0 amide bonds. The molecule has 0 bridgehead atoms. The molecule has 2 unspecified atom stereocenters. The third-order valence-electron chi connectivity index (χ3n) is 2.93. The van der Waals surface area contributed by atoms with Crippen molar-refractivity contribution < 1.29 is 9.47 Å². The second-order valence-electron chi connectivity index (χ2n) is 4.88. The third kappa shape index (κ3) is 13.0. The van der Waals surface area contributed by atoms with E-state index in [0.29, 0.717) is 11.0 Å². The first-order valence-electron chi connectivity index (χ1n) is 7.59. The molecule has 0 rings (SSSR count). The highest BCUT2D eigenvalue weighted by Gasteiger charge is 2.10. The molecule has 0 fully saturated rings. The van der Waals surface area contributed by atoms with Crippen LogP contribution in [0.4, 0.5) is 0 Å². The number of thioether (sulfide) groups is 1. The Hall–Kier alpha value is 0.200. The zero-order chi connectivity index (χ0) is 14.5. The first kappa shape index (κ1) is 19.2. The molecule has 0 heterocycles. The minimum Gasteiger partial charge on any atom is -0.476 e. The molecule has 19 heavy (non-hydrogen) atoms. The summed E-state index contributed by atoms with van der Waals surface area (Å²) in [7, 11) is 0. The Morgan fingerprint density at radius 1 is 1.05 bits per heavy atom. The molecular formula is C15H30O2S2.